The van der Waals surface area contributed by atoms with Crippen LogP contribution in [0.1, 0.15) is 60.5 Å². The second kappa shape index (κ2) is 19.3. The molecule has 63 heavy (non-hydrogen) atoms. The van der Waals surface area contributed by atoms with Crippen LogP contribution in [0.5, 0.6) is 0 Å². The molecule has 2 fully saturated rings. The van der Waals surface area contributed by atoms with E-state index in [-0.39, 0.29) is 62.2 Å². The maximum absolute atomic E-state index is 15.4. The molecule has 0 spiro atoms. The number of primary amides is 1. The van der Waals surface area contributed by atoms with E-state index in [2.05, 4.69) is 21.6 Å². The lowest BCUT2D eigenvalue weighted by atomic mass is 9.98. The number of pyridine rings is 1. The van der Waals surface area contributed by atoms with E-state index in [4.69, 9.17) is 15.2 Å². The third-order valence-corrected chi connectivity index (χ3v) is 11.5. The molecule has 1 atom stereocenters. The molecule has 3 heterocycles. The maximum Gasteiger partial charge on any atom is 0.410 e. The number of carboxylic acid groups (broad SMARTS) is 1. The largest absolute Gasteiger partial charge is 0.477 e. The summed E-state index contributed by atoms with van der Waals surface area (Å²) in [6.07, 6.45) is 5.04. The standard InChI is InChI=1S/C44H50FN9O9/c1-2-51-24-32(41(58)59)39(56)31-21-33(45)36(22-35(31)51)52-17-19-53(20-18-52)43(61)63-27-29-10-12-30(13-11-29)48-40(57)34(9-6-16-47-42(46)60)54-25-37(49-50-54)44(14-15-44)23-38(55)62-26-28-7-4-3-5-8-28/h3-5,7-8,10-13,21-22,24-25,34,49-50H,2,6,9,14-20,23,26-27H2,1H3,(H,48,57)(H,58,59)(H3,46,47,60)/t34-/m0/s1. The summed E-state index contributed by atoms with van der Waals surface area (Å²) in [6.45, 7) is 3.67. The number of anilines is 2. The monoisotopic (exact) mass is 867 g/mol. The number of nitrogens with one attached hydrogen (secondary N) is 4. The fourth-order valence-electron chi connectivity index (χ4n) is 7.76. The quantitative estimate of drug-likeness (QED) is 0.0648. The highest BCUT2D eigenvalue weighted by Crippen LogP contribution is 2.54. The van der Waals surface area contributed by atoms with Gasteiger partial charge in [0.25, 0.3) is 0 Å². The number of aryl methyl sites for hydroxylation is 1. The topological polar surface area (TPSA) is 230 Å². The van der Waals surface area contributed by atoms with Gasteiger partial charge in [0.05, 0.1) is 23.3 Å². The Hall–Kier alpha value is -7.15. The molecule has 4 aromatic rings. The average Bonchev–Trinajstić information content (AvgIpc) is 3.89. The SMILES string of the molecule is CCn1cc(C(=O)O)c(=O)c2cc(F)c(N3CCN(C(=O)OCc4ccc(NC(=O)[C@H](CCCNC(N)=O)N5C=C(C6(CC(=O)OCc7ccccc7)CC6)NN5)cc4)CC3)cc21. The molecule has 1 saturated heterocycles. The normalized spacial score (nSPS) is 15.8. The van der Waals surface area contributed by atoms with Gasteiger partial charge in [0.2, 0.25) is 11.3 Å². The zero-order valence-electron chi connectivity index (χ0n) is 34.7. The summed E-state index contributed by atoms with van der Waals surface area (Å²) in [5.41, 5.74) is 13.3. The van der Waals surface area contributed by atoms with Crippen LogP contribution in [0.15, 0.2) is 89.6 Å². The van der Waals surface area contributed by atoms with Crippen LogP contribution in [0.2, 0.25) is 0 Å². The number of allylic oxidation sites excluding steroid dienone is 1. The first kappa shape index (κ1) is 43.9. The summed E-state index contributed by atoms with van der Waals surface area (Å²) in [5.74, 6) is -2.69. The lowest BCUT2D eigenvalue weighted by Gasteiger charge is -2.35. The third-order valence-electron chi connectivity index (χ3n) is 11.5. The highest BCUT2D eigenvalue weighted by Gasteiger charge is 2.50. The van der Waals surface area contributed by atoms with E-state index >= 15 is 4.39 Å². The van der Waals surface area contributed by atoms with E-state index in [1.165, 1.54) is 11.1 Å². The van der Waals surface area contributed by atoms with Gasteiger partial charge in [0.15, 0.2) is 0 Å². The highest BCUT2D eigenvalue weighted by molar-refractivity contribution is 5.95. The molecule has 4 amide bonds. The number of hydrogen-bond acceptors (Lipinski definition) is 12. The average molecular weight is 868 g/mol. The minimum Gasteiger partial charge on any atom is -0.477 e. The van der Waals surface area contributed by atoms with Gasteiger partial charge in [-0.25, -0.2) is 18.8 Å². The Morgan fingerprint density at radius 1 is 0.952 bits per heavy atom. The molecule has 19 heteroatoms. The van der Waals surface area contributed by atoms with Crippen molar-refractivity contribution in [1.29, 1.82) is 0 Å². The molecule has 332 valence electrons. The summed E-state index contributed by atoms with van der Waals surface area (Å²) in [4.78, 5) is 78.6. The van der Waals surface area contributed by atoms with Crippen molar-refractivity contribution in [2.75, 3.05) is 42.9 Å². The van der Waals surface area contributed by atoms with Crippen molar-refractivity contribution in [2.24, 2.45) is 11.1 Å². The number of nitrogens with two attached hydrogens (primary N) is 1. The molecule has 18 nitrogen and oxygen atoms in total. The van der Waals surface area contributed by atoms with Crippen molar-refractivity contribution < 1.29 is 42.9 Å². The fourth-order valence-corrected chi connectivity index (χ4v) is 7.76. The molecule has 2 aliphatic heterocycles. The summed E-state index contributed by atoms with van der Waals surface area (Å²) in [5, 5.41) is 16.6. The van der Waals surface area contributed by atoms with Gasteiger partial charge in [0, 0.05) is 68.2 Å². The Bertz CT molecular complexity index is 2450. The van der Waals surface area contributed by atoms with Gasteiger partial charge in [-0.1, -0.05) is 42.5 Å². The number of piperazine rings is 1. The summed E-state index contributed by atoms with van der Waals surface area (Å²) >= 11 is 0. The molecule has 0 unspecified atom stereocenters. The molecule has 0 radical (unpaired) electrons. The van der Waals surface area contributed by atoms with Gasteiger partial charge < -0.3 is 50.7 Å². The number of carbonyl (C=O) groups is 5. The van der Waals surface area contributed by atoms with Crippen LogP contribution in [0, 0.1) is 11.2 Å². The molecule has 7 N–H and O–H groups in total. The first-order valence-corrected chi connectivity index (χ1v) is 20.8. The summed E-state index contributed by atoms with van der Waals surface area (Å²) < 4.78 is 28.1. The molecule has 1 aromatic heterocycles. The number of amides is 4. The summed E-state index contributed by atoms with van der Waals surface area (Å²) in [7, 11) is 0. The zero-order chi connectivity index (χ0) is 44.7. The van der Waals surface area contributed by atoms with Gasteiger partial charge in [0.1, 0.15) is 30.6 Å². The van der Waals surface area contributed by atoms with E-state index < -0.39 is 46.4 Å². The third kappa shape index (κ3) is 10.5. The molecule has 3 aliphatic rings. The number of carbonyl (C=O) groups excluding carboxylic acids is 4. The molecule has 0 bridgehead atoms. The van der Waals surface area contributed by atoms with Crippen molar-refractivity contribution >= 4 is 52.2 Å². The Kier molecular flexibility index (Phi) is 13.4. The van der Waals surface area contributed by atoms with Crippen LogP contribution < -0.4 is 37.7 Å². The maximum atomic E-state index is 15.4. The number of esters is 1. The molecular formula is C44H50FN9O9. The second-order valence-electron chi connectivity index (χ2n) is 15.7. The molecule has 7 rings (SSSR count). The zero-order valence-corrected chi connectivity index (χ0v) is 34.7. The Morgan fingerprint density at radius 2 is 1.65 bits per heavy atom. The Labute approximate surface area is 361 Å². The number of carboxylic acids is 1. The lowest BCUT2D eigenvalue weighted by molar-refractivity contribution is -0.146. The number of benzene rings is 3. The van der Waals surface area contributed by atoms with Crippen molar-refractivity contribution in [1.82, 2.24) is 30.8 Å². The highest BCUT2D eigenvalue weighted by atomic mass is 19.1. The number of ether oxygens (including phenoxy) is 2. The number of hydrogen-bond donors (Lipinski definition) is 6. The number of hydrazine groups is 2. The van der Waals surface area contributed by atoms with Crippen LogP contribution >= 0.6 is 0 Å². The number of aromatic carboxylic acids is 1. The number of nitrogens with zero attached hydrogens (tertiary/aromatic N) is 4. The van der Waals surface area contributed by atoms with E-state index in [0.29, 0.717) is 49.2 Å². The molecule has 1 saturated carbocycles. The smallest absolute Gasteiger partial charge is 0.410 e. The van der Waals surface area contributed by atoms with Gasteiger partial charge in [-0.05, 0) is 68.0 Å². The van der Waals surface area contributed by atoms with Crippen LogP contribution in [0.4, 0.5) is 25.4 Å². The fraction of sp³-hybridized carbons (Fsp3) is 0.364. The molecular weight excluding hydrogens is 818 g/mol. The molecule has 1 aliphatic carbocycles. The van der Waals surface area contributed by atoms with Crippen LogP contribution in [0.25, 0.3) is 10.9 Å². The first-order valence-electron chi connectivity index (χ1n) is 20.8. The first-order chi connectivity index (χ1) is 30.3. The van der Waals surface area contributed by atoms with Gasteiger partial charge in [-0.3, -0.25) is 19.4 Å². The van der Waals surface area contributed by atoms with Gasteiger partial charge >= 0.3 is 24.1 Å². The summed E-state index contributed by atoms with van der Waals surface area (Å²) in [6, 6.07) is 17.5. The van der Waals surface area contributed by atoms with Crippen LogP contribution in [0.3, 0.4) is 0 Å². The Morgan fingerprint density at radius 3 is 2.32 bits per heavy atom. The van der Waals surface area contributed by atoms with Crippen molar-refractivity contribution in [2.45, 2.75) is 64.8 Å². The van der Waals surface area contributed by atoms with E-state index in [0.717, 1.165) is 30.2 Å². The number of urea groups is 1. The number of halogens is 1. The minimum atomic E-state index is -1.38. The van der Waals surface area contributed by atoms with Crippen LogP contribution in [-0.2, 0) is 38.8 Å². The van der Waals surface area contributed by atoms with Gasteiger partial charge in [-0.15, -0.1) is 5.53 Å². The van der Waals surface area contributed by atoms with E-state index in [9.17, 15) is 33.9 Å². The van der Waals surface area contributed by atoms with Gasteiger partial charge in [-0.2, -0.15) is 0 Å². The minimum absolute atomic E-state index is 0.0193. The molecule has 3 aromatic carbocycles. The van der Waals surface area contributed by atoms with Crippen molar-refractivity contribution in [3.8, 4) is 0 Å². The predicted octanol–water partition coefficient (Wildman–Crippen LogP) is 4.15. The predicted molar refractivity (Wildman–Crippen MR) is 229 cm³/mol. The Balaban J connectivity index is 0.914. The van der Waals surface area contributed by atoms with Crippen molar-refractivity contribution in [3.63, 3.8) is 0 Å². The van der Waals surface area contributed by atoms with E-state index in [1.807, 2.05) is 30.3 Å². The number of rotatable bonds is 17. The van der Waals surface area contributed by atoms with Crippen molar-refractivity contribution in [3.05, 3.63) is 118 Å². The number of aromatic nitrogens is 1. The van der Waals surface area contributed by atoms with E-state index in [1.54, 1.807) is 57.9 Å². The number of fused-ring (bicyclic) bond motifs is 1. The lowest BCUT2D eigenvalue weighted by Crippen LogP contribution is -2.49. The van der Waals surface area contributed by atoms with Crippen LogP contribution in [-0.4, -0.2) is 88.3 Å². The second-order valence-corrected chi connectivity index (χ2v) is 15.7.